The molecule has 0 unspecified atom stereocenters. The SMILES string of the molecule is COc1ccc(N=Nc2ccc(N=Nc3cc(S(=O)(=O)O)ccc3OC)cc2)cc1C. The van der Waals surface area contributed by atoms with E-state index in [1.807, 2.05) is 25.1 Å². The monoisotopic (exact) mass is 440 g/mol. The van der Waals surface area contributed by atoms with Gasteiger partial charge in [-0.05, 0) is 73.2 Å². The second-order valence-corrected chi connectivity index (χ2v) is 7.80. The van der Waals surface area contributed by atoms with Crippen LogP contribution in [-0.2, 0) is 10.1 Å². The molecule has 3 aromatic rings. The van der Waals surface area contributed by atoms with Crippen molar-refractivity contribution in [2.75, 3.05) is 14.2 Å². The minimum Gasteiger partial charge on any atom is -0.496 e. The van der Waals surface area contributed by atoms with E-state index in [2.05, 4.69) is 20.5 Å². The Balaban J connectivity index is 1.76. The highest BCUT2D eigenvalue weighted by molar-refractivity contribution is 7.85. The van der Waals surface area contributed by atoms with Crippen molar-refractivity contribution in [1.29, 1.82) is 0 Å². The van der Waals surface area contributed by atoms with Gasteiger partial charge in [0.15, 0.2) is 0 Å². The summed E-state index contributed by atoms with van der Waals surface area (Å²) >= 11 is 0. The van der Waals surface area contributed by atoms with Crippen molar-refractivity contribution in [1.82, 2.24) is 0 Å². The van der Waals surface area contributed by atoms with Crippen LogP contribution >= 0.6 is 0 Å². The molecule has 1 N–H and O–H groups in total. The summed E-state index contributed by atoms with van der Waals surface area (Å²) in [6.07, 6.45) is 0. The molecule has 10 heteroatoms. The maximum Gasteiger partial charge on any atom is 0.294 e. The fourth-order valence-electron chi connectivity index (χ4n) is 2.65. The van der Waals surface area contributed by atoms with E-state index in [1.54, 1.807) is 31.4 Å². The van der Waals surface area contributed by atoms with Crippen LogP contribution < -0.4 is 9.47 Å². The van der Waals surface area contributed by atoms with Crippen LogP contribution in [0.2, 0.25) is 0 Å². The summed E-state index contributed by atoms with van der Waals surface area (Å²) in [6, 6.07) is 16.1. The number of ether oxygens (including phenoxy) is 2. The summed E-state index contributed by atoms with van der Waals surface area (Å²) in [5, 5.41) is 16.5. The van der Waals surface area contributed by atoms with Crippen LogP contribution in [-0.4, -0.2) is 27.2 Å². The predicted molar refractivity (Wildman–Crippen MR) is 115 cm³/mol. The highest BCUT2D eigenvalue weighted by Crippen LogP contribution is 2.32. The topological polar surface area (TPSA) is 122 Å². The number of nitrogens with zero attached hydrogens (tertiary/aromatic N) is 4. The Hall–Kier alpha value is -3.63. The smallest absolute Gasteiger partial charge is 0.294 e. The van der Waals surface area contributed by atoms with Crippen molar-refractivity contribution in [3.8, 4) is 11.5 Å². The molecule has 0 aromatic heterocycles. The van der Waals surface area contributed by atoms with E-state index in [4.69, 9.17) is 9.47 Å². The molecule has 0 aliphatic rings. The highest BCUT2D eigenvalue weighted by atomic mass is 32.2. The number of hydrogen-bond donors (Lipinski definition) is 1. The zero-order valence-electron chi connectivity index (χ0n) is 17.1. The minimum absolute atomic E-state index is 0.163. The van der Waals surface area contributed by atoms with Gasteiger partial charge in [-0.2, -0.15) is 23.8 Å². The fourth-order valence-corrected chi connectivity index (χ4v) is 3.15. The molecular weight excluding hydrogens is 420 g/mol. The van der Waals surface area contributed by atoms with Gasteiger partial charge >= 0.3 is 0 Å². The molecule has 3 rings (SSSR count). The Morgan fingerprint density at radius 1 is 0.710 bits per heavy atom. The third kappa shape index (κ3) is 5.71. The molecule has 0 saturated heterocycles. The first-order valence-corrected chi connectivity index (χ1v) is 10.5. The molecule has 3 aromatic carbocycles. The summed E-state index contributed by atoms with van der Waals surface area (Å²) in [7, 11) is -1.32. The summed E-state index contributed by atoms with van der Waals surface area (Å²) in [6.45, 7) is 1.93. The van der Waals surface area contributed by atoms with E-state index < -0.39 is 10.1 Å². The first-order chi connectivity index (χ1) is 14.8. The minimum atomic E-state index is -4.36. The van der Waals surface area contributed by atoms with Gasteiger partial charge in [0, 0.05) is 0 Å². The van der Waals surface area contributed by atoms with Gasteiger partial charge in [-0.25, -0.2) is 0 Å². The van der Waals surface area contributed by atoms with Crippen molar-refractivity contribution < 1.29 is 22.4 Å². The lowest BCUT2D eigenvalue weighted by molar-refractivity contribution is 0.412. The van der Waals surface area contributed by atoms with Gasteiger partial charge in [0.05, 0.1) is 36.2 Å². The van der Waals surface area contributed by atoms with Crippen LogP contribution in [0, 0.1) is 6.92 Å². The van der Waals surface area contributed by atoms with Crippen LogP contribution in [0.15, 0.2) is 86.0 Å². The first kappa shape index (κ1) is 22.1. The number of benzene rings is 3. The third-order valence-electron chi connectivity index (χ3n) is 4.23. The van der Waals surface area contributed by atoms with Crippen molar-refractivity contribution in [2.45, 2.75) is 11.8 Å². The Kier molecular flexibility index (Phi) is 6.73. The van der Waals surface area contributed by atoms with Crippen LogP contribution in [0.5, 0.6) is 11.5 Å². The lowest BCUT2D eigenvalue weighted by Gasteiger charge is -2.05. The zero-order valence-corrected chi connectivity index (χ0v) is 17.9. The maximum atomic E-state index is 11.3. The van der Waals surface area contributed by atoms with Gasteiger partial charge in [0.1, 0.15) is 17.2 Å². The highest BCUT2D eigenvalue weighted by Gasteiger charge is 2.13. The number of rotatable bonds is 7. The summed E-state index contributed by atoms with van der Waals surface area (Å²) < 4.78 is 42.2. The quantitative estimate of drug-likeness (QED) is 0.352. The largest absolute Gasteiger partial charge is 0.496 e. The third-order valence-corrected chi connectivity index (χ3v) is 5.08. The molecule has 0 aliphatic carbocycles. The Bertz CT molecular complexity index is 1240. The van der Waals surface area contributed by atoms with E-state index >= 15 is 0 Å². The van der Waals surface area contributed by atoms with E-state index in [1.165, 1.54) is 25.3 Å². The zero-order chi connectivity index (χ0) is 22.4. The van der Waals surface area contributed by atoms with Gasteiger partial charge in [-0.1, -0.05) is 0 Å². The van der Waals surface area contributed by atoms with E-state index in [9.17, 15) is 13.0 Å². The van der Waals surface area contributed by atoms with Crippen LogP contribution in [0.25, 0.3) is 0 Å². The molecule has 0 radical (unpaired) electrons. The Labute approximate surface area is 179 Å². The summed E-state index contributed by atoms with van der Waals surface area (Å²) in [5.74, 6) is 1.10. The molecule has 0 spiro atoms. The fraction of sp³-hybridized carbons (Fsp3) is 0.143. The lowest BCUT2D eigenvalue weighted by Crippen LogP contribution is -1.97. The normalized spacial score (nSPS) is 11.9. The molecule has 9 nitrogen and oxygen atoms in total. The van der Waals surface area contributed by atoms with Gasteiger partial charge in [-0.15, -0.1) is 5.11 Å². The average Bonchev–Trinajstić information content (AvgIpc) is 2.76. The van der Waals surface area contributed by atoms with Gasteiger partial charge < -0.3 is 9.47 Å². The maximum absolute atomic E-state index is 11.3. The van der Waals surface area contributed by atoms with Crippen molar-refractivity contribution >= 4 is 32.9 Å². The Morgan fingerprint density at radius 2 is 1.23 bits per heavy atom. The van der Waals surface area contributed by atoms with E-state index in [-0.39, 0.29) is 10.6 Å². The number of aryl methyl sites for hydroxylation is 1. The second-order valence-electron chi connectivity index (χ2n) is 6.38. The summed E-state index contributed by atoms with van der Waals surface area (Å²) in [5.41, 5.74) is 2.96. The van der Waals surface area contributed by atoms with Gasteiger partial charge in [-0.3, -0.25) is 4.55 Å². The number of hydrogen-bond acceptors (Lipinski definition) is 8. The molecule has 0 aliphatic heterocycles. The standard InChI is InChI=1S/C21H20N4O5S/c1-14-12-17(8-10-20(14)29-2)24-22-15-4-6-16(7-5-15)23-25-19-13-18(31(26,27)28)9-11-21(19)30-3/h4-13H,1-3H3,(H,26,27,28). The Morgan fingerprint density at radius 3 is 1.77 bits per heavy atom. The molecule has 31 heavy (non-hydrogen) atoms. The lowest BCUT2D eigenvalue weighted by atomic mass is 10.2. The van der Waals surface area contributed by atoms with Crippen molar-refractivity contribution in [2.24, 2.45) is 20.5 Å². The molecule has 0 saturated carbocycles. The van der Waals surface area contributed by atoms with Crippen LogP contribution in [0.4, 0.5) is 22.7 Å². The van der Waals surface area contributed by atoms with E-state index in [0.717, 1.165) is 11.3 Å². The predicted octanol–water partition coefficient (Wildman–Crippen LogP) is 6.09. The average molecular weight is 440 g/mol. The first-order valence-electron chi connectivity index (χ1n) is 9.04. The van der Waals surface area contributed by atoms with Gasteiger partial charge in [0.2, 0.25) is 0 Å². The molecule has 0 bridgehead atoms. The molecule has 0 amide bonds. The van der Waals surface area contributed by atoms with Crippen molar-refractivity contribution in [3.63, 3.8) is 0 Å². The molecule has 0 heterocycles. The number of methoxy groups -OCH3 is 2. The summed E-state index contributed by atoms with van der Waals surface area (Å²) in [4.78, 5) is -0.299. The molecule has 0 fully saturated rings. The van der Waals surface area contributed by atoms with Gasteiger partial charge in [0.25, 0.3) is 10.1 Å². The second kappa shape index (κ2) is 9.45. The molecular formula is C21H20N4O5S. The van der Waals surface area contributed by atoms with Crippen LogP contribution in [0.1, 0.15) is 5.56 Å². The van der Waals surface area contributed by atoms with Crippen molar-refractivity contribution in [3.05, 3.63) is 66.2 Å². The number of azo groups is 2. The molecule has 160 valence electrons. The van der Waals surface area contributed by atoms with Crippen LogP contribution in [0.3, 0.4) is 0 Å². The molecule has 0 atom stereocenters. The van der Waals surface area contributed by atoms with E-state index in [0.29, 0.717) is 22.8 Å².